The summed E-state index contributed by atoms with van der Waals surface area (Å²) in [6.45, 7) is 0. The van der Waals surface area contributed by atoms with Crippen molar-refractivity contribution in [1.82, 2.24) is 0 Å². The fraction of sp³-hybridized carbons (Fsp3) is 0.0714. The van der Waals surface area contributed by atoms with Gasteiger partial charge in [-0.3, -0.25) is 0 Å². The molecule has 0 radical (unpaired) electrons. The number of carboxylic acids is 1. The van der Waals surface area contributed by atoms with Crippen LogP contribution in [0.25, 0.3) is 0 Å². The molecule has 20 heavy (non-hydrogen) atoms. The molecular weight excluding hydrogens is 285 g/mol. The monoisotopic (exact) mass is 295 g/mol. The van der Waals surface area contributed by atoms with E-state index in [1.54, 1.807) is 24.3 Å². The highest BCUT2D eigenvalue weighted by atomic mass is 35.5. The predicted molar refractivity (Wildman–Crippen MR) is 73.5 cm³/mol. The van der Waals surface area contributed by atoms with E-state index in [0.717, 1.165) is 18.2 Å². The van der Waals surface area contributed by atoms with Gasteiger partial charge in [0.15, 0.2) is 6.04 Å². The Morgan fingerprint density at radius 1 is 1.20 bits per heavy atom. The average Bonchev–Trinajstić information content (AvgIpc) is 2.41. The Morgan fingerprint density at radius 3 is 2.45 bits per heavy atom. The Morgan fingerprint density at radius 2 is 1.85 bits per heavy atom. The number of rotatable bonds is 4. The van der Waals surface area contributed by atoms with Crippen molar-refractivity contribution in [2.45, 2.75) is 6.04 Å². The number of phenolic OH excluding ortho intramolecular Hbond substituents is 1. The van der Waals surface area contributed by atoms with Crippen LogP contribution < -0.4 is 5.32 Å². The van der Waals surface area contributed by atoms with E-state index < -0.39 is 17.8 Å². The molecule has 1 atom stereocenters. The standard InChI is InChI=1S/C14H11ClFNO3/c15-8-1-4-10(5-2-8)17-13(14(19)20)11-7-9(16)3-6-12(11)18/h1-7,13,17-18H,(H,19,20). The first kappa shape index (κ1) is 14.1. The number of hydrogen-bond acceptors (Lipinski definition) is 3. The van der Waals surface area contributed by atoms with Gasteiger partial charge in [-0.1, -0.05) is 11.6 Å². The number of anilines is 1. The lowest BCUT2D eigenvalue weighted by Crippen LogP contribution is -2.20. The third kappa shape index (κ3) is 3.19. The van der Waals surface area contributed by atoms with Crippen LogP contribution in [0, 0.1) is 5.82 Å². The van der Waals surface area contributed by atoms with Crippen molar-refractivity contribution in [3.63, 3.8) is 0 Å². The molecule has 2 rings (SSSR count). The highest BCUT2D eigenvalue weighted by molar-refractivity contribution is 6.30. The topological polar surface area (TPSA) is 69.6 Å². The average molecular weight is 296 g/mol. The first-order chi connectivity index (χ1) is 9.47. The van der Waals surface area contributed by atoms with Gasteiger partial charge in [-0.2, -0.15) is 0 Å². The van der Waals surface area contributed by atoms with E-state index in [1.165, 1.54) is 0 Å². The molecule has 4 nitrogen and oxygen atoms in total. The third-order valence-corrected chi connectivity index (χ3v) is 2.95. The maximum atomic E-state index is 13.2. The molecular formula is C14H11ClFNO3. The normalized spacial score (nSPS) is 11.9. The van der Waals surface area contributed by atoms with Crippen LogP contribution in [0.15, 0.2) is 42.5 Å². The Kier molecular flexibility index (Phi) is 4.10. The fourth-order valence-corrected chi connectivity index (χ4v) is 1.87. The molecule has 6 heteroatoms. The van der Waals surface area contributed by atoms with Crippen molar-refractivity contribution in [2.24, 2.45) is 0 Å². The number of benzene rings is 2. The van der Waals surface area contributed by atoms with Gasteiger partial charge < -0.3 is 15.5 Å². The molecule has 0 aliphatic carbocycles. The van der Waals surface area contributed by atoms with Gasteiger partial charge in [-0.15, -0.1) is 0 Å². The van der Waals surface area contributed by atoms with Gasteiger partial charge >= 0.3 is 5.97 Å². The lowest BCUT2D eigenvalue weighted by atomic mass is 10.1. The van der Waals surface area contributed by atoms with E-state index in [2.05, 4.69) is 5.32 Å². The number of hydrogen-bond donors (Lipinski definition) is 3. The Labute approximate surface area is 119 Å². The van der Waals surface area contributed by atoms with E-state index in [9.17, 15) is 19.4 Å². The first-order valence-electron chi connectivity index (χ1n) is 5.70. The molecule has 0 bridgehead atoms. The summed E-state index contributed by atoms with van der Waals surface area (Å²) in [5, 5.41) is 22.1. The number of aromatic hydroxyl groups is 1. The molecule has 0 saturated carbocycles. The minimum atomic E-state index is -1.27. The molecule has 0 saturated heterocycles. The van der Waals surface area contributed by atoms with Crippen LogP contribution in [0.4, 0.5) is 10.1 Å². The van der Waals surface area contributed by atoms with Crippen LogP contribution in [-0.4, -0.2) is 16.2 Å². The quantitative estimate of drug-likeness (QED) is 0.808. The van der Waals surface area contributed by atoms with Crippen molar-refractivity contribution in [1.29, 1.82) is 0 Å². The van der Waals surface area contributed by atoms with Crippen LogP contribution >= 0.6 is 11.6 Å². The van der Waals surface area contributed by atoms with Gasteiger partial charge in [0.05, 0.1) is 0 Å². The summed E-state index contributed by atoms with van der Waals surface area (Å²) in [7, 11) is 0. The second-order valence-electron chi connectivity index (χ2n) is 4.13. The predicted octanol–water partition coefficient (Wildman–Crippen LogP) is 3.42. The molecule has 0 spiro atoms. The molecule has 2 aromatic carbocycles. The van der Waals surface area contributed by atoms with Crippen LogP contribution in [0.1, 0.15) is 11.6 Å². The maximum absolute atomic E-state index is 13.2. The SMILES string of the molecule is O=C(O)C(Nc1ccc(Cl)cc1)c1cc(F)ccc1O. The van der Waals surface area contributed by atoms with E-state index in [1.807, 2.05) is 0 Å². The summed E-state index contributed by atoms with van der Waals surface area (Å²) < 4.78 is 13.2. The summed E-state index contributed by atoms with van der Waals surface area (Å²) in [6, 6.07) is 8.25. The summed E-state index contributed by atoms with van der Waals surface area (Å²) in [5.74, 6) is -2.15. The number of carboxylic acid groups (broad SMARTS) is 1. The van der Waals surface area contributed by atoms with Gasteiger partial charge in [-0.25, -0.2) is 9.18 Å². The van der Waals surface area contributed by atoms with Crippen LogP contribution in [-0.2, 0) is 4.79 Å². The number of nitrogens with one attached hydrogen (secondary N) is 1. The van der Waals surface area contributed by atoms with Crippen molar-refractivity contribution >= 4 is 23.3 Å². The van der Waals surface area contributed by atoms with E-state index in [0.29, 0.717) is 10.7 Å². The number of carbonyl (C=O) groups is 1. The summed E-state index contributed by atoms with van der Waals surface area (Å²) in [6.07, 6.45) is 0. The minimum absolute atomic E-state index is 0.0487. The molecule has 0 aliphatic rings. The van der Waals surface area contributed by atoms with Crippen molar-refractivity contribution in [3.8, 4) is 5.75 Å². The van der Waals surface area contributed by atoms with Crippen molar-refractivity contribution in [3.05, 3.63) is 58.9 Å². The highest BCUT2D eigenvalue weighted by Gasteiger charge is 2.23. The van der Waals surface area contributed by atoms with E-state index >= 15 is 0 Å². The molecule has 104 valence electrons. The molecule has 0 fully saturated rings. The van der Waals surface area contributed by atoms with Gasteiger partial charge in [0, 0.05) is 16.3 Å². The number of aliphatic carboxylic acids is 1. The minimum Gasteiger partial charge on any atom is -0.508 e. The second kappa shape index (κ2) is 5.79. The lowest BCUT2D eigenvalue weighted by Gasteiger charge is -2.17. The second-order valence-corrected chi connectivity index (χ2v) is 4.56. The molecule has 2 aromatic rings. The van der Waals surface area contributed by atoms with Crippen LogP contribution in [0.3, 0.4) is 0 Å². The Bertz CT molecular complexity index is 631. The summed E-state index contributed by atoms with van der Waals surface area (Å²) >= 11 is 5.74. The van der Waals surface area contributed by atoms with E-state index in [-0.39, 0.29) is 11.3 Å². The smallest absolute Gasteiger partial charge is 0.330 e. The molecule has 0 amide bonds. The zero-order chi connectivity index (χ0) is 14.7. The van der Waals surface area contributed by atoms with E-state index in [4.69, 9.17) is 11.6 Å². The first-order valence-corrected chi connectivity index (χ1v) is 6.08. The lowest BCUT2D eigenvalue weighted by molar-refractivity contribution is -0.138. The van der Waals surface area contributed by atoms with Gasteiger partial charge in [0.1, 0.15) is 11.6 Å². The number of phenols is 1. The molecule has 0 aromatic heterocycles. The third-order valence-electron chi connectivity index (χ3n) is 2.70. The zero-order valence-corrected chi connectivity index (χ0v) is 10.9. The maximum Gasteiger partial charge on any atom is 0.330 e. The zero-order valence-electron chi connectivity index (χ0n) is 10.2. The molecule has 1 unspecified atom stereocenters. The Balaban J connectivity index is 2.34. The Hall–Kier alpha value is -2.27. The highest BCUT2D eigenvalue weighted by Crippen LogP contribution is 2.28. The van der Waals surface area contributed by atoms with Crippen molar-refractivity contribution in [2.75, 3.05) is 5.32 Å². The molecule has 0 heterocycles. The molecule has 0 aliphatic heterocycles. The van der Waals surface area contributed by atoms with Gasteiger partial charge in [-0.05, 0) is 42.5 Å². The van der Waals surface area contributed by atoms with Crippen LogP contribution in [0.2, 0.25) is 5.02 Å². The molecule has 3 N–H and O–H groups in total. The van der Waals surface area contributed by atoms with Gasteiger partial charge in [0.2, 0.25) is 0 Å². The largest absolute Gasteiger partial charge is 0.508 e. The van der Waals surface area contributed by atoms with Gasteiger partial charge in [0.25, 0.3) is 0 Å². The van der Waals surface area contributed by atoms with Crippen LogP contribution in [0.5, 0.6) is 5.75 Å². The summed E-state index contributed by atoms with van der Waals surface area (Å²) in [4.78, 5) is 11.3. The fourth-order valence-electron chi connectivity index (χ4n) is 1.74. The summed E-state index contributed by atoms with van der Waals surface area (Å²) in [5.41, 5.74) is 0.443. The van der Waals surface area contributed by atoms with Crippen molar-refractivity contribution < 1.29 is 19.4 Å². The number of halogens is 2.